The molecule has 56 heavy (non-hydrogen) atoms. The molecule has 0 N–H and O–H groups in total. The second kappa shape index (κ2) is 43.0. The summed E-state index contributed by atoms with van der Waals surface area (Å²) in [5.74, 6) is 0.803. The average molecular weight is 793 g/mol. The number of carbonyl (C=O) groups is 3. The van der Waals surface area contributed by atoms with Crippen molar-refractivity contribution in [1.82, 2.24) is 0 Å². The van der Waals surface area contributed by atoms with Gasteiger partial charge >= 0.3 is 17.9 Å². The zero-order valence-electron chi connectivity index (χ0n) is 38.3. The molecule has 0 aliphatic heterocycles. The molecule has 6 nitrogen and oxygen atoms in total. The summed E-state index contributed by atoms with van der Waals surface area (Å²) in [4.78, 5) is 37.8. The van der Waals surface area contributed by atoms with Gasteiger partial charge in [-0.15, -0.1) is 0 Å². The molecule has 0 saturated heterocycles. The SMILES string of the molecule is CCCCCCCCCCCCC(=O)OC[C@H](COC(=O)CCCCCCCCCCCCCCCCCC(C)C)OC(=O)CCCCCCCCC(C)CC. The molecule has 0 heterocycles. The molecular formula is C50H96O6. The molecule has 0 fully saturated rings. The molecule has 2 atom stereocenters. The number of rotatable bonds is 44. The van der Waals surface area contributed by atoms with Crippen molar-refractivity contribution in [3.8, 4) is 0 Å². The number of unbranched alkanes of at least 4 members (excludes halogenated alkanes) is 28. The summed E-state index contributed by atoms with van der Waals surface area (Å²) in [7, 11) is 0. The Hall–Kier alpha value is -1.59. The number of carbonyl (C=O) groups excluding carboxylic acids is 3. The predicted molar refractivity (Wildman–Crippen MR) is 238 cm³/mol. The Bertz CT molecular complexity index is 856. The molecule has 0 bridgehead atoms. The second-order valence-corrected chi connectivity index (χ2v) is 17.8. The van der Waals surface area contributed by atoms with E-state index in [1.807, 2.05) is 0 Å². The van der Waals surface area contributed by atoms with E-state index in [1.165, 1.54) is 161 Å². The number of ether oxygens (including phenoxy) is 3. The molecule has 0 aliphatic rings. The van der Waals surface area contributed by atoms with Gasteiger partial charge in [-0.3, -0.25) is 14.4 Å². The molecule has 332 valence electrons. The van der Waals surface area contributed by atoms with E-state index in [9.17, 15) is 14.4 Å². The van der Waals surface area contributed by atoms with Gasteiger partial charge in [-0.25, -0.2) is 0 Å². The van der Waals surface area contributed by atoms with Crippen LogP contribution in [0.3, 0.4) is 0 Å². The first-order valence-electron chi connectivity index (χ1n) is 24.8. The summed E-state index contributed by atoms with van der Waals surface area (Å²) in [6.07, 6.45) is 42.4. The van der Waals surface area contributed by atoms with Crippen LogP contribution in [0.1, 0.15) is 272 Å². The predicted octanol–water partition coefficient (Wildman–Crippen LogP) is 15.8. The van der Waals surface area contributed by atoms with Crippen LogP contribution < -0.4 is 0 Å². The minimum atomic E-state index is -0.761. The fraction of sp³-hybridized carbons (Fsp3) is 0.940. The van der Waals surface area contributed by atoms with E-state index >= 15 is 0 Å². The lowest BCUT2D eigenvalue weighted by molar-refractivity contribution is -0.167. The summed E-state index contributed by atoms with van der Waals surface area (Å²) >= 11 is 0. The smallest absolute Gasteiger partial charge is 0.306 e. The zero-order chi connectivity index (χ0) is 41.2. The van der Waals surface area contributed by atoms with E-state index in [0.717, 1.165) is 69.6 Å². The molecule has 0 rings (SSSR count). The molecule has 0 saturated carbocycles. The highest BCUT2D eigenvalue weighted by Gasteiger charge is 2.19. The van der Waals surface area contributed by atoms with E-state index in [0.29, 0.717) is 19.3 Å². The number of hydrogen-bond donors (Lipinski definition) is 0. The zero-order valence-corrected chi connectivity index (χ0v) is 38.3. The van der Waals surface area contributed by atoms with Crippen molar-refractivity contribution in [1.29, 1.82) is 0 Å². The van der Waals surface area contributed by atoms with Crippen molar-refractivity contribution in [3.05, 3.63) is 0 Å². The van der Waals surface area contributed by atoms with Gasteiger partial charge in [-0.2, -0.15) is 0 Å². The van der Waals surface area contributed by atoms with Crippen LogP contribution >= 0.6 is 0 Å². The third-order valence-electron chi connectivity index (χ3n) is 11.6. The van der Waals surface area contributed by atoms with Gasteiger partial charge in [0.1, 0.15) is 13.2 Å². The van der Waals surface area contributed by atoms with E-state index in [1.54, 1.807) is 0 Å². The van der Waals surface area contributed by atoms with Crippen LogP contribution in [0.2, 0.25) is 0 Å². The second-order valence-electron chi connectivity index (χ2n) is 17.8. The van der Waals surface area contributed by atoms with Crippen molar-refractivity contribution in [2.24, 2.45) is 11.8 Å². The summed E-state index contributed by atoms with van der Waals surface area (Å²) in [5.41, 5.74) is 0. The van der Waals surface area contributed by atoms with Gasteiger partial charge in [0.15, 0.2) is 6.10 Å². The summed E-state index contributed by atoms with van der Waals surface area (Å²) in [6.45, 7) is 11.3. The third kappa shape index (κ3) is 42.0. The molecule has 0 spiro atoms. The molecule has 6 heteroatoms. The van der Waals surface area contributed by atoms with Gasteiger partial charge in [0, 0.05) is 19.3 Å². The topological polar surface area (TPSA) is 78.9 Å². The van der Waals surface area contributed by atoms with Crippen LogP contribution in [0.4, 0.5) is 0 Å². The molecule has 1 unspecified atom stereocenters. The van der Waals surface area contributed by atoms with Crippen molar-refractivity contribution in [2.75, 3.05) is 13.2 Å². The Morgan fingerprint density at radius 2 is 0.679 bits per heavy atom. The fourth-order valence-electron chi connectivity index (χ4n) is 7.43. The van der Waals surface area contributed by atoms with Crippen molar-refractivity contribution in [3.63, 3.8) is 0 Å². The molecule has 0 radical (unpaired) electrons. The Morgan fingerprint density at radius 3 is 1.02 bits per heavy atom. The van der Waals surface area contributed by atoms with Crippen LogP contribution in [-0.2, 0) is 28.6 Å². The number of hydrogen-bond acceptors (Lipinski definition) is 6. The van der Waals surface area contributed by atoms with E-state index < -0.39 is 6.10 Å². The average Bonchev–Trinajstić information content (AvgIpc) is 3.18. The first kappa shape index (κ1) is 54.4. The van der Waals surface area contributed by atoms with Crippen LogP contribution in [0.5, 0.6) is 0 Å². The molecule has 0 aromatic heterocycles. The van der Waals surface area contributed by atoms with Crippen LogP contribution in [-0.4, -0.2) is 37.2 Å². The Kier molecular flexibility index (Phi) is 41.8. The lowest BCUT2D eigenvalue weighted by Gasteiger charge is -2.18. The van der Waals surface area contributed by atoms with Crippen LogP contribution in [0, 0.1) is 11.8 Å². The van der Waals surface area contributed by atoms with Crippen molar-refractivity contribution < 1.29 is 28.6 Å². The summed E-state index contributed by atoms with van der Waals surface area (Å²) in [5, 5.41) is 0. The lowest BCUT2D eigenvalue weighted by Crippen LogP contribution is -2.30. The van der Waals surface area contributed by atoms with Crippen LogP contribution in [0.25, 0.3) is 0 Å². The largest absolute Gasteiger partial charge is 0.462 e. The Morgan fingerprint density at radius 1 is 0.375 bits per heavy atom. The third-order valence-corrected chi connectivity index (χ3v) is 11.6. The highest BCUT2D eigenvalue weighted by Crippen LogP contribution is 2.17. The highest BCUT2D eigenvalue weighted by molar-refractivity contribution is 5.71. The minimum Gasteiger partial charge on any atom is -0.462 e. The molecule has 0 aromatic rings. The fourth-order valence-corrected chi connectivity index (χ4v) is 7.43. The van der Waals surface area contributed by atoms with Crippen molar-refractivity contribution >= 4 is 17.9 Å². The van der Waals surface area contributed by atoms with E-state index in [-0.39, 0.29) is 31.1 Å². The van der Waals surface area contributed by atoms with Gasteiger partial charge in [0.05, 0.1) is 0 Å². The maximum absolute atomic E-state index is 12.7. The molecule has 0 aliphatic carbocycles. The maximum Gasteiger partial charge on any atom is 0.306 e. The quantitative estimate of drug-likeness (QED) is 0.0347. The Balaban J connectivity index is 4.24. The Labute approximate surface area is 348 Å². The van der Waals surface area contributed by atoms with Gasteiger partial charge < -0.3 is 14.2 Å². The van der Waals surface area contributed by atoms with E-state index in [2.05, 4.69) is 34.6 Å². The van der Waals surface area contributed by atoms with Gasteiger partial charge in [-0.1, -0.05) is 234 Å². The van der Waals surface area contributed by atoms with Gasteiger partial charge in [0.2, 0.25) is 0 Å². The molecule has 0 aromatic carbocycles. The monoisotopic (exact) mass is 793 g/mol. The van der Waals surface area contributed by atoms with Gasteiger partial charge in [-0.05, 0) is 31.1 Å². The van der Waals surface area contributed by atoms with Crippen molar-refractivity contribution in [2.45, 2.75) is 278 Å². The summed E-state index contributed by atoms with van der Waals surface area (Å²) in [6, 6.07) is 0. The standard InChI is InChI=1S/C50H96O6/c1-6-8-9-10-11-12-21-24-30-35-40-48(51)54-43-47(56-50(53)42-37-32-27-26-29-34-39-46(5)7-2)44-55-49(52)41-36-31-25-22-19-17-15-13-14-16-18-20-23-28-33-38-45(3)4/h45-47H,6-44H2,1-5H3/t46?,47-/m1/s1. The normalized spacial score (nSPS) is 12.5. The lowest BCUT2D eigenvalue weighted by atomic mass is 10.00. The molecular weight excluding hydrogens is 697 g/mol. The van der Waals surface area contributed by atoms with Gasteiger partial charge in [0.25, 0.3) is 0 Å². The first-order chi connectivity index (χ1) is 27.3. The summed E-state index contributed by atoms with van der Waals surface area (Å²) < 4.78 is 16.7. The highest BCUT2D eigenvalue weighted by atomic mass is 16.6. The minimum absolute atomic E-state index is 0.0649. The van der Waals surface area contributed by atoms with E-state index in [4.69, 9.17) is 14.2 Å². The first-order valence-corrected chi connectivity index (χ1v) is 24.8. The number of esters is 3. The van der Waals surface area contributed by atoms with Crippen LogP contribution in [0.15, 0.2) is 0 Å². The maximum atomic E-state index is 12.7. The molecule has 0 amide bonds.